The van der Waals surface area contributed by atoms with Crippen molar-refractivity contribution in [1.29, 1.82) is 0 Å². The fraction of sp³-hybridized carbons (Fsp3) is 0.316. The molecular weight excluding hydrogens is 392 g/mol. The number of halogens is 3. The van der Waals surface area contributed by atoms with Crippen LogP contribution in [-0.4, -0.2) is 44.4 Å². The van der Waals surface area contributed by atoms with Crippen LogP contribution in [0.2, 0.25) is 5.02 Å². The van der Waals surface area contributed by atoms with Crippen LogP contribution in [0.5, 0.6) is 0 Å². The third-order valence-corrected chi connectivity index (χ3v) is 5.45. The molecular formula is C19H21ClF2N3OS+. The van der Waals surface area contributed by atoms with Crippen molar-refractivity contribution in [2.75, 3.05) is 42.9 Å². The zero-order chi connectivity index (χ0) is 19.2. The number of carbonyl (C=O) groups excluding carboxylic acids is 1. The van der Waals surface area contributed by atoms with E-state index in [1.165, 1.54) is 4.90 Å². The molecule has 0 aromatic heterocycles. The lowest BCUT2D eigenvalue weighted by Gasteiger charge is -2.33. The number of quaternary nitrogens is 1. The van der Waals surface area contributed by atoms with Gasteiger partial charge < -0.3 is 15.1 Å². The number of rotatable bonds is 6. The van der Waals surface area contributed by atoms with E-state index in [4.69, 9.17) is 11.6 Å². The SMILES string of the molecule is O=C(C[NH+]1CCN(c2cccc(Cl)c2)CC1)Nc1ccccc1SC(F)F. The first-order valence-corrected chi connectivity index (χ1v) is 9.95. The van der Waals surface area contributed by atoms with Crippen molar-refractivity contribution in [3.63, 3.8) is 0 Å². The summed E-state index contributed by atoms with van der Waals surface area (Å²) in [5, 5.41) is 3.48. The highest BCUT2D eigenvalue weighted by Crippen LogP contribution is 2.31. The molecule has 1 aliphatic rings. The van der Waals surface area contributed by atoms with Crippen molar-refractivity contribution < 1.29 is 18.5 Å². The Labute approximate surface area is 166 Å². The lowest BCUT2D eigenvalue weighted by Crippen LogP contribution is -3.15. The summed E-state index contributed by atoms with van der Waals surface area (Å²) in [6.45, 7) is 3.64. The maximum Gasteiger partial charge on any atom is 0.288 e. The number of thioether (sulfide) groups is 1. The van der Waals surface area contributed by atoms with Crippen molar-refractivity contribution in [2.45, 2.75) is 10.7 Å². The summed E-state index contributed by atoms with van der Waals surface area (Å²) in [4.78, 5) is 16.2. The van der Waals surface area contributed by atoms with Gasteiger partial charge in [-0.15, -0.1) is 0 Å². The number of piperazine rings is 1. The molecule has 1 saturated heterocycles. The van der Waals surface area contributed by atoms with E-state index in [1.807, 2.05) is 24.3 Å². The number of amides is 1. The normalized spacial score (nSPS) is 15.2. The van der Waals surface area contributed by atoms with Gasteiger partial charge in [-0.05, 0) is 30.3 Å². The molecule has 1 fully saturated rings. The van der Waals surface area contributed by atoms with Gasteiger partial charge in [0.2, 0.25) is 0 Å². The van der Waals surface area contributed by atoms with E-state index in [-0.39, 0.29) is 5.91 Å². The predicted octanol–water partition coefficient (Wildman–Crippen LogP) is 3.00. The Kier molecular flexibility index (Phi) is 6.93. The zero-order valence-corrected chi connectivity index (χ0v) is 16.2. The summed E-state index contributed by atoms with van der Waals surface area (Å²) < 4.78 is 25.3. The standard InChI is InChI=1S/C19H20ClF2N3OS/c20-14-4-3-5-15(12-14)25-10-8-24(9-11-25)13-18(26)23-16-6-1-2-7-17(16)27-19(21)22/h1-7,12,19H,8-11,13H2,(H,23,26)/p+1. The van der Waals surface area contributed by atoms with E-state index in [9.17, 15) is 13.6 Å². The zero-order valence-electron chi connectivity index (χ0n) is 14.6. The van der Waals surface area contributed by atoms with E-state index in [0.717, 1.165) is 31.9 Å². The topological polar surface area (TPSA) is 36.8 Å². The van der Waals surface area contributed by atoms with Gasteiger partial charge in [0, 0.05) is 15.6 Å². The summed E-state index contributed by atoms with van der Waals surface area (Å²) in [5.74, 6) is -2.68. The average Bonchev–Trinajstić information content (AvgIpc) is 2.63. The molecule has 2 aromatic rings. The van der Waals surface area contributed by atoms with Gasteiger partial charge in [-0.25, -0.2) is 0 Å². The van der Waals surface area contributed by atoms with Crippen molar-refractivity contribution in [3.8, 4) is 0 Å². The molecule has 0 atom stereocenters. The Morgan fingerprint density at radius 3 is 2.63 bits per heavy atom. The van der Waals surface area contributed by atoms with Crippen molar-refractivity contribution in [2.24, 2.45) is 0 Å². The molecule has 27 heavy (non-hydrogen) atoms. The Morgan fingerprint density at radius 1 is 1.19 bits per heavy atom. The molecule has 0 saturated carbocycles. The van der Waals surface area contributed by atoms with E-state index in [2.05, 4.69) is 10.2 Å². The van der Waals surface area contributed by atoms with Crippen LogP contribution in [0.15, 0.2) is 53.4 Å². The molecule has 0 unspecified atom stereocenters. The molecule has 0 radical (unpaired) electrons. The van der Waals surface area contributed by atoms with Crippen LogP contribution in [-0.2, 0) is 4.79 Å². The first-order chi connectivity index (χ1) is 13.0. The number of nitrogens with one attached hydrogen (secondary N) is 2. The van der Waals surface area contributed by atoms with E-state index >= 15 is 0 Å². The lowest BCUT2D eigenvalue weighted by molar-refractivity contribution is -0.892. The predicted molar refractivity (Wildman–Crippen MR) is 106 cm³/mol. The van der Waals surface area contributed by atoms with Gasteiger partial charge in [0.25, 0.3) is 11.7 Å². The molecule has 1 amide bonds. The van der Waals surface area contributed by atoms with E-state index in [0.29, 0.717) is 33.9 Å². The molecule has 2 aromatic carbocycles. The molecule has 0 spiro atoms. The first kappa shape index (κ1) is 19.9. The van der Waals surface area contributed by atoms with Gasteiger partial charge in [-0.3, -0.25) is 4.79 Å². The lowest BCUT2D eigenvalue weighted by atomic mass is 10.2. The number of hydrogen-bond donors (Lipinski definition) is 2. The number of carbonyl (C=O) groups is 1. The molecule has 2 N–H and O–H groups in total. The summed E-state index contributed by atoms with van der Waals surface area (Å²) >= 11 is 6.49. The van der Waals surface area contributed by atoms with Crippen LogP contribution in [0, 0.1) is 0 Å². The Hall–Kier alpha value is -1.83. The fourth-order valence-corrected chi connectivity index (χ4v) is 3.90. The molecule has 0 bridgehead atoms. The third kappa shape index (κ3) is 5.82. The van der Waals surface area contributed by atoms with Crippen LogP contribution in [0.3, 0.4) is 0 Å². The monoisotopic (exact) mass is 412 g/mol. The van der Waals surface area contributed by atoms with Crippen molar-refractivity contribution in [1.82, 2.24) is 0 Å². The smallest absolute Gasteiger partial charge is 0.288 e. The minimum atomic E-state index is -2.52. The van der Waals surface area contributed by atoms with Crippen LogP contribution in [0.4, 0.5) is 20.2 Å². The fourth-order valence-electron chi connectivity index (χ4n) is 3.12. The molecule has 8 heteroatoms. The Morgan fingerprint density at radius 2 is 1.93 bits per heavy atom. The van der Waals surface area contributed by atoms with Gasteiger partial charge in [0.05, 0.1) is 31.9 Å². The minimum Gasteiger partial charge on any atom is -0.360 e. The van der Waals surface area contributed by atoms with Crippen molar-refractivity contribution >= 4 is 40.6 Å². The highest BCUT2D eigenvalue weighted by molar-refractivity contribution is 7.99. The number of alkyl halides is 2. The van der Waals surface area contributed by atoms with Crippen molar-refractivity contribution in [3.05, 3.63) is 53.6 Å². The first-order valence-electron chi connectivity index (χ1n) is 8.69. The second-order valence-corrected chi connectivity index (χ2v) is 7.78. The maximum absolute atomic E-state index is 12.6. The van der Waals surface area contributed by atoms with Crippen LogP contribution in [0.1, 0.15) is 0 Å². The van der Waals surface area contributed by atoms with Crippen LogP contribution < -0.4 is 15.1 Å². The second-order valence-electron chi connectivity index (χ2n) is 6.32. The number of nitrogens with zero attached hydrogens (tertiary/aromatic N) is 1. The Balaban J connectivity index is 1.51. The quantitative estimate of drug-likeness (QED) is 0.716. The third-order valence-electron chi connectivity index (χ3n) is 4.43. The van der Waals surface area contributed by atoms with Crippen LogP contribution in [0.25, 0.3) is 0 Å². The number of benzene rings is 2. The van der Waals surface area contributed by atoms with Gasteiger partial charge in [-0.2, -0.15) is 8.78 Å². The van der Waals surface area contributed by atoms with Gasteiger partial charge in [0.1, 0.15) is 0 Å². The molecule has 3 rings (SSSR count). The molecule has 1 aliphatic heterocycles. The summed E-state index contributed by atoms with van der Waals surface area (Å²) in [7, 11) is 0. The number of hydrogen-bond acceptors (Lipinski definition) is 3. The van der Waals surface area contributed by atoms with E-state index < -0.39 is 5.76 Å². The highest BCUT2D eigenvalue weighted by atomic mass is 35.5. The van der Waals surface area contributed by atoms with E-state index in [1.54, 1.807) is 24.3 Å². The largest absolute Gasteiger partial charge is 0.360 e. The average molecular weight is 413 g/mol. The molecule has 0 aliphatic carbocycles. The second kappa shape index (κ2) is 9.39. The maximum atomic E-state index is 12.6. The summed E-state index contributed by atoms with van der Waals surface area (Å²) in [5.41, 5.74) is 1.52. The number of anilines is 2. The van der Waals surface area contributed by atoms with Gasteiger partial charge in [0.15, 0.2) is 6.54 Å². The Bertz CT molecular complexity index is 785. The molecule has 1 heterocycles. The highest BCUT2D eigenvalue weighted by Gasteiger charge is 2.23. The van der Waals surface area contributed by atoms with Crippen LogP contribution >= 0.6 is 23.4 Å². The minimum absolute atomic E-state index is 0.163. The summed E-state index contributed by atoms with van der Waals surface area (Å²) in [6.07, 6.45) is 0. The molecule has 4 nitrogen and oxygen atoms in total. The summed E-state index contributed by atoms with van der Waals surface area (Å²) in [6, 6.07) is 14.4. The van der Waals surface area contributed by atoms with Gasteiger partial charge >= 0.3 is 0 Å². The number of para-hydroxylation sites is 1. The molecule has 144 valence electrons. The van der Waals surface area contributed by atoms with Gasteiger partial charge in [-0.1, -0.05) is 41.6 Å².